The summed E-state index contributed by atoms with van der Waals surface area (Å²) in [5.74, 6) is -0.210. The predicted octanol–water partition coefficient (Wildman–Crippen LogP) is 3.76. The van der Waals surface area contributed by atoms with Crippen LogP contribution in [0.4, 0.5) is 5.69 Å². The first kappa shape index (κ1) is 19.9. The quantitative estimate of drug-likeness (QED) is 0.771. The van der Waals surface area contributed by atoms with Crippen molar-refractivity contribution in [1.82, 2.24) is 4.31 Å². The van der Waals surface area contributed by atoms with Crippen molar-refractivity contribution in [2.24, 2.45) is 5.92 Å². The molecule has 1 aliphatic heterocycles. The Morgan fingerprint density at radius 3 is 2.37 bits per heavy atom. The van der Waals surface area contributed by atoms with Crippen LogP contribution in [0.2, 0.25) is 0 Å². The fraction of sp³-hybridized carbons (Fsp3) is 0.350. The molecule has 0 bridgehead atoms. The summed E-state index contributed by atoms with van der Waals surface area (Å²) in [6.45, 7) is 2.70. The van der Waals surface area contributed by atoms with Crippen LogP contribution in [0.3, 0.4) is 0 Å². The number of sulfonamides is 1. The van der Waals surface area contributed by atoms with Crippen molar-refractivity contribution < 1.29 is 13.2 Å². The van der Waals surface area contributed by atoms with Gasteiger partial charge in [0.25, 0.3) is 0 Å². The van der Waals surface area contributed by atoms with Crippen molar-refractivity contribution in [2.75, 3.05) is 24.7 Å². The topological polar surface area (TPSA) is 66.5 Å². The highest BCUT2D eigenvalue weighted by Gasteiger charge is 2.32. The van der Waals surface area contributed by atoms with E-state index in [4.69, 9.17) is 0 Å². The predicted molar refractivity (Wildman–Crippen MR) is 110 cm³/mol. The van der Waals surface area contributed by atoms with E-state index >= 15 is 0 Å². The van der Waals surface area contributed by atoms with E-state index in [0.717, 1.165) is 16.1 Å². The second-order valence-corrected chi connectivity index (χ2v) is 9.53. The number of thioether (sulfide) groups is 1. The molecule has 3 rings (SSSR count). The van der Waals surface area contributed by atoms with E-state index in [9.17, 15) is 13.2 Å². The second-order valence-electron chi connectivity index (χ2n) is 6.71. The molecule has 0 atom stereocenters. The summed E-state index contributed by atoms with van der Waals surface area (Å²) in [5.41, 5.74) is 1.87. The zero-order valence-corrected chi connectivity index (χ0v) is 17.1. The zero-order chi connectivity index (χ0) is 19.4. The maximum Gasteiger partial charge on any atom is 0.243 e. The lowest BCUT2D eigenvalue weighted by atomic mass is 9.97. The van der Waals surface area contributed by atoms with Crippen molar-refractivity contribution in [3.63, 3.8) is 0 Å². The third-order valence-electron chi connectivity index (χ3n) is 4.81. The third-order valence-corrected chi connectivity index (χ3v) is 7.46. The van der Waals surface area contributed by atoms with Crippen molar-refractivity contribution in [2.45, 2.75) is 29.6 Å². The average Bonchev–Trinajstić information content (AvgIpc) is 2.68. The fourth-order valence-corrected chi connectivity index (χ4v) is 5.10. The summed E-state index contributed by atoms with van der Waals surface area (Å²) in [6, 6.07) is 14.6. The number of carbonyl (C=O) groups excluding carboxylic acids is 1. The molecule has 0 radical (unpaired) electrons. The number of benzene rings is 2. The lowest BCUT2D eigenvalue weighted by Crippen LogP contribution is -2.41. The second kappa shape index (κ2) is 8.46. The fourth-order valence-electron chi connectivity index (χ4n) is 3.22. The summed E-state index contributed by atoms with van der Waals surface area (Å²) in [4.78, 5) is 13.8. The molecule has 1 amide bonds. The Bertz CT molecular complexity index is 903. The molecule has 1 fully saturated rings. The first-order valence-electron chi connectivity index (χ1n) is 8.92. The Balaban J connectivity index is 1.61. The molecule has 1 heterocycles. The number of nitrogens with zero attached hydrogens (tertiary/aromatic N) is 1. The number of piperidine rings is 1. The van der Waals surface area contributed by atoms with E-state index in [1.165, 1.54) is 4.31 Å². The molecule has 0 aromatic heterocycles. The smallest absolute Gasteiger partial charge is 0.243 e. The Morgan fingerprint density at radius 2 is 1.78 bits per heavy atom. The number of nitrogens with one attached hydrogen (secondary N) is 1. The monoisotopic (exact) mass is 404 g/mol. The van der Waals surface area contributed by atoms with Crippen LogP contribution in [0.15, 0.2) is 58.3 Å². The number of hydrogen-bond acceptors (Lipinski definition) is 4. The van der Waals surface area contributed by atoms with Crippen LogP contribution in [0, 0.1) is 12.8 Å². The van der Waals surface area contributed by atoms with Crippen LogP contribution < -0.4 is 5.32 Å². The van der Waals surface area contributed by atoms with E-state index in [-0.39, 0.29) is 11.8 Å². The van der Waals surface area contributed by atoms with E-state index in [2.05, 4.69) is 5.32 Å². The van der Waals surface area contributed by atoms with Gasteiger partial charge in [-0.05, 0) is 68.0 Å². The van der Waals surface area contributed by atoms with Gasteiger partial charge >= 0.3 is 0 Å². The van der Waals surface area contributed by atoms with Crippen LogP contribution in [-0.4, -0.2) is 38.0 Å². The number of anilines is 1. The first-order chi connectivity index (χ1) is 12.9. The summed E-state index contributed by atoms with van der Waals surface area (Å²) in [7, 11) is -3.51. The summed E-state index contributed by atoms with van der Waals surface area (Å²) >= 11 is 1.58. The standard InChI is InChI=1S/C20H24N2O3S2/c1-15-4-3-5-17(14-15)21-20(23)16-10-12-22(13-11-16)27(24,25)19-8-6-18(26-2)7-9-19/h3-9,14,16H,10-13H2,1-2H3,(H,21,23). The van der Waals surface area contributed by atoms with E-state index in [1.54, 1.807) is 23.9 Å². The van der Waals surface area contributed by atoms with Gasteiger partial charge in [0.1, 0.15) is 0 Å². The molecule has 1 saturated heterocycles. The maximum atomic E-state index is 12.8. The Hall–Kier alpha value is -1.83. The van der Waals surface area contributed by atoms with E-state index in [0.29, 0.717) is 30.8 Å². The number of amides is 1. The summed E-state index contributed by atoms with van der Waals surface area (Å²) in [5, 5.41) is 2.94. The summed E-state index contributed by atoms with van der Waals surface area (Å²) in [6.07, 6.45) is 3.01. The van der Waals surface area contributed by atoms with Crippen LogP contribution in [0.1, 0.15) is 18.4 Å². The molecule has 144 valence electrons. The van der Waals surface area contributed by atoms with E-state index in [1.807, 2.05) is 49.6 Å². The van der Waals surface area contributed by atoms with Crippen molar-refractivity contribution in [1.29, 1.82) is 0 Å². The molecule has 27 heavy (non-hydrogen) atoms. The molecule has 0 spiro atoms. The molecule has 2 aromatic rings. The Labute approximate surface area is 165 Å². The minimum Gasteiger partial charge on any atom is -0.326 e. The number of rotatable bonds is 5. The van der Waals surface area contributed by atoms with Crippen LogP contribution in [0.25, 0.3) is 0 Å². The van der Waals surface area contributed by atoms with Gasteiger partial charge in [-0.3, -0.25) is 4.79 Å². The molecule has 1 N–H and O–H groups in total. The van der Waals surface area contributed by atoms with Crippen LogP contribution >= 0.6 is 11.8 Å². The normalized spacial score (nSPS) is 16.2. The third kappa shape index (κ3) is 4.72. The van der Waals surface area contributed by atoms with Crippen LogP contribution in [0.5, 0.6) is 0 Å². The van der Waals surface area contributed by atoms with Gasteiger partial charge in [0.05, 0.1) is 4.90 Å². The van der Waals surface area contributed by atoms with Gasteiger partial charge in [-0.15, -0.1) is 11.8 Å². The minimum absolute atomic E-state index is 0.0398. The molecule has 5 nitrogen and oxygen atoms in total. The van der Waals surface area contributed by atoms with Crippen LogP contribution in [-0.2, 0) is 14.8 Å². The van der Waals surface area contributed by atoms with Gasteiger partial charge in [-0.1, -0.05) is 12.1 Å². The van der Waals surface area contributed by atoms with Gasteiger partial charge in [0.15, 0.2) is 0 Å². The first-order valence-corrected chi connectivity index (χ1v) is 11.6. The lowest BCUT2D eigenvalue weighted by molar-refractivity contribution is -0.120. The molecule has 7 heteroatoms. The summed E-state index contributed by atoms with van der Waals surface area (Å²) < 4.78 is 27.1. The lowest BCUT2D eigenvalue weighted by Gasteiger charge is -2.30. The van der Waals surface area contributed by atoms with Crippen molar-refractivity contribution in [3.8, 4) is 0 Å². The van der Waals surface area contributed by atoms with Crippen molar-refractivity contribution in [3.05, 3.63) is 54.1 Å². The highest BCUT2D eigenvalue weighted by atomic mass is 32.2. The van der Waals surface area contributed by atoms with Gasteiger partial charge in [-0.2, -0.15) is 4.31 Å². The van der Waals surface area contributed by atoms with Crippen molar-refractivity contribution >= 4 is 33.4 Å². The number of carbonyl (C=O) groups is 1. The van der Waals surface area contributed by atoms with Gasteiger partial charge < -0.3 is 5.32 Å². The Morgan fingerprint density at radius 1 is 1.11 bits per heavy atom. The SMILES string of the molecule is CSc1ccc(S(=O)(=O)N2CCC(C(=O)Nc3cccc(C)c3)CC2)cc1. The molecule has 0 aliphatic carbocycles. The Kier molecular flexibility index (Phi) is 6.24. The van der Waals surface area contributed by atoms with Gasteiger partial charge in [0, 0.05) is 29.6 Å². The number of hydrogen-bond donors (Lipinski definition) is 1. The molecule has 2 aromatic carbocycles. The molecule has 1 aliphatic rings. The largest absolute Gasteiger partial charge is 0.326 e. The molecule has 0 unspecified atom stereocenters. The minimum atomic E-state index is -3.51. The number of aryl methyl sites for hydroxylation is 1. The molecular weight excluding hydrogens is 380 g/mol. The molecule has 0 saturated carbocycles. The highest BCUT2D eigenvalue weighted by Crippen LogP contribution is 2.26. The zero-order valence-electron chi connectivity index (χ0n) is 15.5. The van der Waals surface area contributed by atoms with Gasteiger partial charge in [-0.25, -0.2) is 8.42 Å². The maximum absolute atomic E-state index is 12.8. The van der Waals surface area contributed by atoms with Gasteiger partial charge in [0.2, 0.25) is 15.9 Å². The average molecular weight is 405 g/mol. The molecular formula is C20H24N2O3S2. The highest BCUT2D eigenvalue weighted by molar-refractivity contribution is 7.98. The van der Waals surface area contributed by atoms with E-state index < -0.39 is 10.0 Å².